The first-order valence-corrected chi connectivity index (χ1v) is 11.8. The fourth-order valence-electron chi connectivity index (χ4n) is 4.19. The van der Waals surface area contributed by atoms with E-state index >= 15 is 0 Å². The number of halogens is 1. The van der Waals surface area contributed by atoms with Crippen LogP contribution in [0, 0.1) is 11.7 Å². The fraction of sp³-hybridized carbons (Fsp3) is 0.542. The Morgan fingerprint density at radius 2 is 1.94 bits per heavy atom. The van der Waals surface area contributed by atoms with Gasteiger partial charge in [-0.2, -0.15) is 5.10 Å². The zero-order chi connectivity index (χ0) is 24.1. The lowest BCUT2D eigenvalue weighted by molar-refractivity contribution is -0.124. The smallest absolute Gasteiger partial charge is 0.231 e. The Hall–Kier alpha value is -2.82. The number of guanidine groups is 1. The first kappa shape index (κ1) is 24.3. The number of morpholine rings is 1. The molecule has 2 unspecified atom stereocenters. The maximum absolute atomic E-state index is 13.2. The van der Waals surface area contributed by atoms with Crippen molar-refractivity contribution in [3.63, 3.8) is 0 Å². The Morgan fingerprint density at radius 1 is 1.21 bits per heavy atom. The van der Waals surface area contributed by atoms with Gasteiger partial charge in [0.2, 0.25) is 11.9 Å². The van der Waals surface area contributed by atoms with Gasteiger partial charge in [0.25, 0.3) is 0 Å². The molecule has 3 heterocycles. The molecule has 0 radical (unpaired) electrons. The number of hydrogen-bond donors (Lipinski definition) is 4. The average Bonchev–Trinajstić information content (AvgIpc) is 3.27. The molecule has 1 aromatic heterocycles. The number of carbonyl (C=O) groups is 1. The number of amides is 1. The summed E-state index contributed by atoms with van der Waals surface area (Å²) in [5, 5.41) is 16.8. The summed E-state index contributed by atoms with van der Waals surface area (Å²) in [7, 11) is 0. The number of nitrogens with one attached hydrogen (secondary N) is 4. The van der Waals surface area contributed by atoms with Crippen LogP contribution in [-0.4, -0.2) is 71.5 Å². The van der Waals surface area contributed by atoms with Crippen molar-refractivity contribution in [1.82, 2.24) is 25.7 Å². The summed E-state index contributed by atoms with van der Waals surface area (Å²) in [5.74, 6) is 0.357. The summed E-state index contributed by atoms with van der Waals surface area (Å²) < 4.78 is 18.7. The van der Waals surface area contributed by atoms with Gasteiger partial charge in [-0.1, -0.05) is 0 Å². The van der Waals surface area contributed by atoms with Crippen molar-refractivity contribution in [2.24, 2.45) is 10.9 Å². The quantitative estimate of drug-likeness (QED) is 0.403. The van der Waals surface area contributed by atoms with Crippen LogP contribution in [0.4, 0.5) is 10.2 Å². The van der Waals surface area contributed by atoms with Gasteiger partial charge in [-0.05, 0) is 63.4 Å². The highest BCUT2D eigenvalue weighted by Crippen LogP contribution is 2.21. The van der Waals surface area contributed by atoms with E-state index in [1.54, 1.807) is 18.2 Å². The Balaban J connectivity index is 1.38. The van der Waals surface area contributed by atoms with E-state index in [2.05, 4.69) is 36.0 Å². The Kier molecular flexibility index (Phi) is 7.60. The maximum atomic E-state index is 13.2. The van der Waals surface area contributed by atoms with Crippen molar-refractivity contribution < 1.29 is 13.9 Å². The van der Waals surface area contributed by atoms with Crippen molar-refractivity contribution in [2.45, 2.75) is 45.3 Å². The first-order valence-electron chi connectivity index (χ1n) is 11.8. The highest BCUT2D eigenvalue weighted by atomic mass is 19.1. The van der Waals surface area contributed by atoms with Crippen molar-refractivity contribution in [2.75, 3.05) is 38.2 Å². The second-order valence-electron chi connectivity index (χ2n) is 9.77. The first-order chi connectivity index (χ1) is 16.3. The number of aromatic nitrogens is 2. The highest BCUT2D eigenvalue weighted by molar-refractivity contribution is 6.04. The predicted molar refractivity (Wildman–Crippen MR) is 130 cm³/mol. The summed E-state index contributed by atoms with van der Waals surface area (Å²) >= 11 is 0. The molecule has 0 aliphatic carbocycles. The Morgan fingerprint density at radius 3 is 2.59 bits per heavy atom. The molecule has 2 aliphatic rings. The van der Waals surface area contributed by atoms with Crippen LogP contribution in [-0.2, 0) is 9.53 Å². The molecule has 0 saturated carbocycles. The second kappa shape index (κ2) is 10.6. The summed E-state index contributed by atoms with van der Waals surface area (Å²) in [4.78, 5) is 20.1. The van der Waals surface area contributed by atoms with Crippen LogP contribution in [0.1, 0.15) is 33.6 Å². The molecular weight excluding hydrogens is 437 g/mol. The van der Waals surface area contributed by atoms with Gasteiger partial charge < -0.3 is 15.4 Å². The molecule has 9 nitrogen and oxygen atoms in total. The molecule has 184 valence electrons. The van der Waals surface area contributed by atoms with Crippen LogP contribution >= 0.6 is 0 Å². The lowest BCUT2D eigenvalue weighted by Crippen LogP contribution is -2.56. The topological polar surface area (TPSA) is 107 Å². The fourth-order valence-corrected chi connectivity index (χ4v) is 4.19. The SMILES string of the molecule is CC(C)(C)N=C(NC(=O)C1CCC(N2CCOCC2)NC1)Nc1cc(-c2ccc(F)cc2)[nH]n1. The minimum Gasteiger partial charge on any atom is -0.379 e. The predicted octanol–water partition coefficient (Wildman–Crippen LogP) is 2.56. The molecule has 4 N–H and O–H groups in total. The third-order valence-corrected chi connectivity index (χ3v) is 5.91. The molecule has 1 aromatic carbocycles. The molecule has 2 atom stereocenters. The van der Waals surface area contributed by atoms with E-state index in [1.807, 2.05) is 20.8 Å². The van der Waals surface area contributed by atoms with Gasteiger partial charge >= 0.3 is 0 Å². The third kappa shape index (κ3) is 6.62. The summed E-state index contributed by atoms with van der Waals surface area (Å²) in [6.45, 7) is 9.87. The van der Waals surface area contributed by atoms with E-state index in [0.29, 0.717) is 24.5 Å². The molecule has 2 aliphatic heterocycles. The van der Waals surface area contributed by atoms with Crippen molar-refractivity contribution in [3.8, 4) is 11.3 Å². The number of rotatable bonds is 4. The van der Waals surface area contributed by atoms with Gasteiger partial charge in [0.15, 0.2) is 5.82 Å². The van der Waals surface area contributed by atoms with Crippen molar-refractivity contribution >= 4 is 17.7 Å². The molecule has 2 saturated heterocycles. The van der Waals surface area contributed by atoms with Gasteiger partial charge in [-0.3, -0.25) is 20.1 Å². The summed E-state index contributed by atoms with van der Waals surface area (Å²) in [5.41, 5.74) is 1.13. The van der Waals surface area contributed by atoms with Crippen LogP contribution in [0.25, 0.3) is 11.3 Å². The lowest BCUT2D eigenvalue weighted by atomic mass is 9.96. The number of H-pyrrole nitrogens is 1. The number of carbonyl (C=O) groups excluding carboxylic acids is 1. The number of ether oxygens (including phenoxy) is 1. The summed E-state index contributed by atoms with van der Waals surface area (Å²) in [6.07, 6.45) is 2.01. The van der Waals surface area contributed by atoms with Crippen LogP contribution in [0.2, 0.25) is 0 Å². The summed E-state index contributed by atoms with van der Waals surface area (Å²) in [6, 6.07) is 7.96. The van der Waals surface area contributed by atoms with Crippen LogP contribution in [0.3, 0.4) is 0 Å². The van der Waals surface area contributed by atoms with Crippen molar-refractivity contribution in [1.29, 1.82) is 0 Å². The van der Waals surface area contributed by atoms with Crippen LogP contribution in [0.5, 0.6) is 0 Å². The number of aliphatic imine (C=N–C) groups is 1. The van der Waals surface area contributed by atoms with E-state index in [0.717, 1.165) is 50.4 Å². The minimum atomic E-state index is -0.405. The number of aromatic amines is 1. The Labute approximate surface area is 199 Å². The molecular formula is C24H34FN7O2. The molecule has 10 heteroatoms. The highest BCUT2D eigenvalue weighted by Gasteiger charge is 2.30. The van der Waals surface area contributed by atoms with E-state index in [-0.39, 0.29) is 17.6 Å². The number of piperidine rings is 1. The second-order valence-corrected chi connectivity index (χ2v) is 9.77. The number of nitrogens with zero attached hydrogens (tertiary/aromatic N) is 3. The van der Waals surface area contributed by atoms with Gasteiger partial charge in [0.1, 0.15) is 5.82 Å². The van der Waals surface area contributed by atoms with E-state index in [4.69, 9.17) is 4.74 Å². The van der Waals surface area contributed by atoms with Gasteiger partial charge in [0.05, 0.1) is 36.5 Å². The van der Waals surface area contributed by atoms with Gasteiger partial charge in [-0.15, -0.1) is 0 Å². The molecule has 4 rings (SSSR count). The zero-order valence-electron chi connectivity index (χ0n) is 20.0. The normalized spacial score (nSPS) is 22.4. The average molecular weight is 472 g/mol. The van der Waals surface area contributed by atoms with Crippen LogP contribution in [0.15, 0.2) is 35.3 Å². The van der Waals surface area contributed by atoms with Gasteiger partial charge in [-0.25, -0.2) is 9.38 Å². The van der Waals surface area contributed by atoms with E-state index < -0.39 is 5.54 Å². The van der Waals surface area contributed by atoms with E-state index in [1.165, 1.54) is 12.1 Å². The molecule has 34 heavy (non-hydrogen) atoms. The molecule has 1 amide bonds. The van der Waals surface area contributed by atoms with Crippen LogP contribution < -0.4 is 16.0 Å². The van der Waals surface area contributed by atoms with Crippen molar-refractivity contribution in [3.05, 3.63) is 36.1 Å². The Bertz CT molecular complexity index is 985. The van der Waals surface area contributed by atoms with E-state index in [9.17, 15) is 9.18 Å². The largest absolute Gasteiger partial charge is 0.379 e. The molecule has 0 bridgehead atoms. The number of hydrogen-bond acceptors (Lipinski definition) is 6. The number of benzene rings is 1. The zero-order valence-corrected chi connectivity index (χ0v) is 20.0. The minimum absolute atomic E-state index is 0.0716. The maximum Gasteiger partial charge on any atom is 0.231 e. The molecule has 2 aromatic rings. The molecule has 2 fully saturated rings. The van der Waals surface area contributed by atoms with Gasteiger partial charge in [0, 0.05) is 25.7 Å². The standard InChI is InChI=1S/C24H34FN7O2/c1-24(2,3)29-23(27-20-14-19(30-31-20)16-4-7-18(25)8-5-16)28-22(33)17-6-9-21(26-15-17)32-10-12-34-13-11-32/h4-5,7-8,14,17,21,26H,6,9-13,15H2,1-3H3,(H3,27,28,29,30,31,33). The molecule has 0 spiro atoms. The lowest BCUT2D eigenvalue weighted by Gasteiger charge is -2.39. The number of anilines is 1. The monoisotopic (exact) mass is 471 g/mol. The third-order valence-electron chi connectivity index (χ3n) is 5.91.